The predicted molar refractivity (Wildman–Crippen MR) is 114 cm³/mol. The zero-order valence-corrected chi connectivity index (χ0v) is 17.9. The number of hydrogen-bond donors (Lipinski definition) is 2. The molecule has 9 heteroatoms. The van der Waals surface area contributed by atoms with E-state index in [9.17, 15) is 14.4 Å². The van der Waals surface area contributed by atoms with Gasteiger partial charge in [0, 0.05) is 18.3 Å². The van der Waals surface area contributed by atoms with Crippen LogP contribution in [-0.4, -0.2) is 41.3 Å². The van der Waals surface area contributed by atoms with Gasteiger partial charge in [0.2, 0.25) is 17.7 Å². The molecule has 0 aliphatic carbocycles. The summed E-state index contributed by atoms with van der Waals surface area (Å²) in [4.78, 5) is 42.9. The summed E-state index contributed by atoms with van der Waals surface area (Å²) in [6, 6.07) is 7.12. The van der Waals surface area contributed by atoms with Gasteiger partial charge in [-0.3, -0.25) is 14.4 Å². The molecule has 0 spiro atoms. The monoisotopic (exact) mass is 430 g/mol. The average molecular weight is 431 g/mol. The standard InChI is InChI=1S/C21H26N4O4S/c1-3-4-9-25-18(27)11-16(19(25)13-5-7-15(29-2)8-6-13)20(28)24-21-23-14(12-30-21)10-17(22)26/h5-8,12,16,19H,3-4,9-11H2,1-2H3,(H2,22,26)(H,23,24,28)/t16-,19+/m1/s1. The van der Waals surface area contributed by atoms with Gasteiger partial charge in [-0.2, -0.15) is 0 Å². The van der Waals surface area contributed by atoms with E-state index in [1.807, 2.05) is 24.3 Å². The van der Waals surface area contributed by atoms with Crippen molar-refractivity contribution in [2.75, 3.05) is 19.0 Å². The van der Waals surface area contributed by atoms with Crippen LogP contribution in [0.1, 0.15) is 43.5 Å². The van der Waals surface area contributed by atoms with Crippen molar-refractivity contribution >= 4 is 34.2 Å². The Morgan fingerprint density at radius 2 is 2.07 bits per heavy atom. The van der Waals surface area contributed by atoms with Crippen molar-refractivity contribution in [3.63, 3.8) is 0 Å². The molecule has 160 valence electrons. The second kappa shape index (κ2) is 9.71. The topological polar surface area (TPSA) is 115 Å². The van der Waals surface area contributed by atoms with Gasteiger partial charge in [0.15, 0.2) is 5.13 Å². The fourth-order valence-corrected chi connectivity index (χ4v) is 4.37. The van der Waals surface area contributed by atoms with E-state index >= 15 is 0 Å². The van der Waals surface area contributed by atoms with E-state index in [4.69, 9.17) is 10.5 Å². The summed E-state index contributed by atoms with van der Waals surface area (Å²) in [5, 5.41) is 4.89. The lowest BCUT2D eigenvalue weighted by molar-refractivity contribution is -0.129. The molecule has 0 saturated carbocycles. The highest BCUT2D eigenvalue weighted by Gasteiger charge is 2.44. The number of nitrogens with two attached hydrogens (primary N) is 1. The molecule has 1 aromatic heterocycles. The predicted octanol–water partition coefficient (Wildman–Crippen LogP) is 2.51. The molecular formula is C21H26N4O4S. The minimum atomic E-state index is -0.536. The number of hydrogen-bond acceptors (Lipinski definition) is 6. The highest BCUT2D eigenvalue weighted by Crippen LogP contribution is 2.39. The molecule has 1 fully saturated rings. The number of thiazole rings is 1. The van der Waals surface area contributed by atoms with Crippen LogP contribution < -0.4 is 15.8 Å². The van der Waals surface area contributed by atoms with Crippen molar-refractivity contribution in [2.24, 2.45) is 11.7 Å². The molecule has 3 N–H and O–H groups in total. The van der Waals surface area contributed by atoms with Crippen LogP contribution in [0.3, 0.4) is 0 Å². The molecule has 1 aromatic carbocycles. The third-order valence-electron chi connectivity index (χ3n) is 5.12. The van der Waals surface area contributed by atoms with Crippen molar-refractivity contribution in [3.8, 4) is 5.75 Å². The maximum Gasteiger partial charge on any atom is 0.232 e. The van der Waals surface area contributed by atoms with Crippen molar-refractivity contribution in [1.29, 1.82) is 0 Å². The number of primary amides is 1. The number of aromatic nitrogens is 1. The Balaban J connectivity index is 1.82. The molecule has 30 heavy (non-hydrogen) atoms. The van der Waals surface area contributed by atoms with E-state index in [2.05, 4.69) is 17.2 Å². The van der Waals surface area contributed by atoms with E-state index in [1.165, 1.54) is 11.3 Å². The number of rotatable bonds is 9. The Kier molecular flexibility index (Phi) is 7.04. The molecule has 2 aromatic rings. The number of carbonyl (C=O) groups is 3. The van der Waals surface area contributed by atoms with Gasteiger partial charge in [0.05, 0.1) is 31.2 Å². The Morgan fingerprint density at radius 3 is 2.70 bits per heavy atom. The van der Waals surface area contributed by atoms with Crippen molar-refractivity contribution in [2.45, 2.75) is 38.6 Å². The minimum Gasteiger partial charge on any atom is -0.497 e. The summed E-state index contributed by atoms with van der Waals surface area (Å²) >= 11 is 1.23. The first-order valence-electron chi connectivity index (χ1n) is 9.90. The zero-order valence-electron chi connectivity index (χ0n) is 17.1. The van der Waals surface area contributed by atoms with Gasteiger partial charge in [-0.1, -0.05) is 25.5 Å². The molecule has 1 saturated heterocycles. The van der Waals surface area contributed by atoms with Crippen LogP contribution in [-0.2, 0) is 20.8 Å². The number of ether oxygens (including phenoxy) is 1. The summed E-state index contributed by atoms with van der Waals surface area (Å²) in [6.07, 6.45) is 1.99. The SMILES string of the molecule is CCCCN1C(=O)C[C@@H](C(=O)Nc2nc(CC(N)=O)cs2)[C@@H]1c1ccc(OC)cc1. The molecule has 1 aliphatic heterocycles. The Labute approximate surface area is 179 Å². The van der Waals surface area contributed by atoms with Crippen LogP contribution in [0, 0.1) is 5.92 Å². The van der Waals surface area contributed by atoms with Gasteiger partial charge in [-0.15, -0.1) is 11.3 Å². The Morgan fingerprint density at radius 1 is 1.33 bits per heavy atom. The van der Waals surface area contributed by atoms with Gasteiger partial charge in [0.25, 0.3) is 0 Å². The molecule has 0 bridgehead atoms. The van der Waals surface area contributed by atoms with Gasteiger partial charge < -0.3 is 20.7 Å². The van der Waals surface area contributed by atoms with E-state index in [0.29, 0.717) is 23.1 Å². The number of amides is 3. The third kappa shape index (κ3) is 4.96. The van der Waals surface area contributed by atoms with Crippen LogP contribution in [0.25, 0.3) is 0 Å². The number of benzene rings is 1. The van der Waals surface area contributed by atoms with Crippen molar-refractivity contribution < 1.29 is 19.1 Å². The zero-order chi connectivity index (χ0) is 21.7. The third-order valence-corrected chi connectivity index (χ3v) is 5.92. The first-order chi connectivity index (χ1) is 14.4. The summed E-state index contributed by atoms with van der Waals surface area (Å²) in [7, 11) is 1.60. The lowest BCUT2D eigenvalue weighted by atomic mass is 9.92. The number of methoxy groups -OCH3 is 1. The minimum absolute atomic E-state index is 0.0214. The van der Waals surface area contributed by atoms with Gasteiger partial charge in [-0.05, 0) is 24.1 Å². The van der Waals surface area contributed by atoms with Gasteiger partial charge in [-0.25, -0.2) is 4.98 Å². The first kappa shape index (κ1) is 21.8. The van der Waals surface area contributed by atoms with E-state index in [1.54, 1.807) is 17.4 Å². The molecule has 0 unspecified atom stereocenters. The summed E-state index contributed by atoms with van der Waals surface area (Å²) < 4.78 is 5.23. The number of carbonyl (C=O) groups excluding carboxylic acids is 3. The van der Waals surface area contributed by atoms with E-state index in [0.717, 1.165) is 18.4 Å². The quantitative estimate of drug-likeness (QED) is 0.634. The molecule has 0 radical (unpaired) electrons. The summed E-state index contributed by atoms with van der Waals surface area (Å²) in [6.45, 7) is 2.68. The second-order valence-corrected chi connectivity index (χ2v) is 8.10. The number of nitrogens with one attached hydrogen (secondary N) is 1. The maximum atomic E-state index is 13.1. The number of nitrogens with zero attached hydrogens (tertiary/aromatic N) is 2. The highest BCUT2D eigenvalue weighted by atomic mass is 32.1. The first-order valence-corrected chi connectivity index (χ1v) is 10.8. The number of unbranched alkanes of at least 4 members (excludes halogenated alkanes) is 1. The average Bonchev–Trinajstić information content (AvgIpc) is 3.29. The molecule has 2 heterocycles. The van der Waals surface area contributed by atoms with Crippen molar-refractivity contribution in [3.05, 3.63) is 40.9 Å². The van der Waals surface area contributed by atoms with Gasteiger partial charge in [0.1, 0.15) is 5.75 Å². The van der Waals surface area contributed by atoms with Crippen LogP contribution in [0.4, 0.5) is 5.13 Å². The highest BCUT2D eigenvalue weighted by molar-refractivity contribution is 7.13. The van der Waals surface area contributed by atoms with Crippen molar-refractivity contribution in [1.82, 2.24) is 9.88 Å². The maximum absolute atomic E-state index is 13.1. The normalized spacial score (nSPS) is 18.5. The lowest BCUT2D eigenvalue weighted by Gasteiger charge is -2.28. The molecule has 2 atom stereocenters. The molecule has 8 nitrogen and oxygen atoms in total. The summed E-state index contributed by atoms with van der Waals surface area (Å²) in [5.41, 5.74) is 6.60. The second-order valence-electron chi connectivity index (χ2n) is 7.25. The summed E-state index contributed by atoms with van der Waals surface area (Å²) in [5.74, 6) is -0.591. The van der Waals surface area contributed by atoms with Crippen LogP contribution in [0.5, 0.6) is 5.75 Å². The van der Waals surface area contributed by atoms with Crippen LogP contribution >= 0.6 is 11.3 Å². The molecule has 3 rings (SSSR count). The fraction of sp³-hybridized carbons (Fsp3) is 0.429. The smallest absolute Gasteiger partial charge is 0.232 e. The largest absolute Gasteiger partial charge is 0.497 e. The van der Waals surface area contributed by atoms with Crippen LogP contribution in [0.15, 0.2) is 29.6 Å². The molecule has 1 aliphatic rings. The van der Waals surface area contributed by atoms with Gasteiger partial charge >= 0.3 is 0 Å². The van der Waals surface area contributed by atoms with E-state index in [-0.39, 0.29) is 30.7 Å². The fourth-order valence-electron chi connectivity index (χ4n) is 3.65. The lowest BCUT2D eigenvalue weighted by Crippen LogP contribution is -2.33. The Hall–Kier alpha value is -2.94. The number of likely N-dealkylation sites (tertiary alicyclic amines) is 1. The van der Waals surface area contributed by atoms with Crippen LogP contribution in [0.2, 0.25) is 0 Å². The Bertz CT molecular complexity index is 912. The van der Waals surface area contributed by atoms with E-state index < -0.39 is 11.8 Å². The molecule has 3 amide bonds. The molecular weight excluding hydrogens is 404 g/mol. The number of anilines is 1.